The molecule has 4 rings (SSSR count). The zero-order valence-corrected chi connectivity index (χ0v) is 15.8. The van der Waals surface area contributed by atoms with E-state index in [1.54, 1.807) is 6.20 Å². The van der Waals surface area contributed by atoms with Crippen LogP contribution in [0.3, 0.4) is 0 Å². The maximum absolute atomic E-state index is 13.4. The van der Waals surface area contributed by atoms with E-state index in [4.69, 9.17) is 4.74 Å². The first-order chi connectivity index (χ1) is 13.1. The van der Waals surface area contributed by atoms with Gasteiger partial charge in [0.25, 0.3) is 5.91 Å². The van der Waals surface area contributed by atoms with Crippen molar-refractivity contribution in [3.63, 3.8) is 0 Å². The molecule has 27 heavy (non-hydrogen) atoms. The van der Waals surface area contributed by atoms with Crippen molar-refractivity contribution < 1.29 is 9.53 Å². The predicted octanol–water partition coefficient (Wildman–Crippen LogP) is 2.98. The van der Waals surface area contributed by atoms with E-state index in [2.05, 4.69) is 10.1 Å². The number of benzene rings is 1. The number of pyridine rings is 1. The molecule has 6 nitrogen and oxygen atoms in total. The summed E-state index contributed by atoms with van der Waals surface area (Å²) in [5.74, 6) is 0.0482. The third kappa shape index (κ3) is 3.71. The van der Waals surface area contributed by atoms with E-state index in [0.717, 1.165) is 34.1 Å². The lowest BCUT2D eigenvalue weighted by atomic mass is 10.0. The van der Waals surface area contributed by atoms with E-state index in [1.165, 1.54) is 0 Å². The normalized spacial score (nSPS) is 17.9. The van der Waals surface area contributed by atoms with Gasteiger partial charge in [-0.15, -0.1) is 0 Å². The number of carbonyl (C=O) groups excluding carboxylic acids is 1. The second-order valence-corrected chi connectivity index (χ2v) is 7.11. The van der Waals surface area contributed by atoms with Crippen molar-refractivity contribution in [2.45, 2.75) is 32.9 Å². The standard InChI is InChI=1S/C21H24N4O2/c1-15-6-3-7-18-19(12-16(2)23-20(15)18)21(26)24-9-5-11-27-17(13-24)14-25-10-4-8-22-25/h3-4,6-8,10,12,17H,5,9,11,13-14H2,1-2H3/t17-/m1/s1. The number of fused-ring (bicyclic) bond motifs is 1. The molecule has 2 aromatic heterocycles. The van der Waals surface area contributed by atoms with Crippen LogP contribution >= 0.6 is 0 Å². The minimum Gasteiger partial charge on any atom is -0.374 e. The summed E-state index contributed by atoms with van der Waals surface area (Å²) in [5, 5.41) is 5.17. The van der Waals surface area contributed by atoms with Crippen molar-refractivity contribution in [1.29, 1.82) is 0 Å². The van der Waals surface area contributed by atoms with E-state index in [-0.39, 0.29) is 12.0 Å². The zero-order chi connectivity index (χ0) is 18.8. The van der Waals surface area contributed by atoms with Crippen LogP contribution in [0.2, 0.25) is 0 Å². The number of carbonyl (C=O) groups is 1. The largest absolute Gasteiger partial charge is 0.374 e. The van der Waals surface area contributed by atoms with E-state index < -0.39 is 0 Å². The van der Waals surface area contributed by atoms with Crippen LogP contribution in [0.15, 0.2) is 42.7 Å². The molecule has 1 aromatic carbocycles. The van der Waals surface area contributed by atoms with Crippen molar-refractivity contribution in [2.24, 2.45) is 0 Å². The Hall–Kier alpha value is -2.73. The molecule has 1 amide bonds. The molecule has 1 fully saturated rings. The van der Waals surface area contributed by atoms with Crippen molar-refractivity contribution >= 4 is 16.8 Å². The number of aryl methyl sites for hydroxylation is 2. The van der Waals surface area contributed by atoms with Crippen LogP contribution in [0.5, 0.6) is 0 Å². The first-order valence-corrected chi connectivity index (χ1v) is 9.37. The molecule has 1 aliphatic heterocycles. The second-order valence-electron chi connectivity index (χ2n) is 7.11. The SMILES string of the molecule is Cc1cc(C(=O)N2CCCO[C@@H](Cn3cccn3)C2)c2cccc(C)c2n1. The van der Waals surface area contributed by atoms with E-state index in [0.29, 0.717) is 26.2 Å². The summed E-state index contributed by atoms with van der Waals surface area (Å²) in [6.45, 7) is 6.53. The smallest absolute Gasteiger partial charge is 0.254 e. The summed E-state index contributed by atoms with van der Waals surface area (Å²) in [6.07, 6.45) is 4.45. The van der Waals surface area contributed by atoms with Crippen LogP contribution in [0.4, 0.5) is 0 Å². The first-order valence-electron chi connectivity index (χ1n) is 9.37. The molecule has 0 aliphatic carbocycles. The Bertz CT molecular complexity index is 952. The molecule has 0 unspecified atom stereocenters. The summed E-state index contributed by atoms with van der Waals surface area (Å²) in [5.41, 5.74) is 3.57. The molecule has 1 saturated heterocycles. The molecule has 1 atom stereocenters. The molecule has 0 radical (unpaired) electrons. The second kappa shape index (κ2) is 7.48. The van der Waals surface area contributed by atoms with Gasteiger partial charge in [-0.05, 0) is 38.0 Å². The van der Waals surface area contributed by atoms with Gasteiger partial charge in [-0.1, -0.05) is 18.2 Å². The topological polar surface area (TPSA) is 60.2 Å². The van der Waals surface area contributed by atoms with E-state index >= 15 is 0 Å². The number of ether oxygens (including phenoxy) is 1. The van der Waals surface area contributed by atoms with Crippen LogP contribution in [-0.2, 0) is 11.3 Å². The highest BCUT2D eigenvalue weighted by atomic mass is 16.5. The van der Waals surface area contributed by atoms with Gasteiger partial charge in [0.05, 0.1) is 23.7 Å². The number of amides is 1. The van der Waals surface area contributed by atoms with Crippen LogP contribution in [0.25, 0.3) is 10.9 Å². The third-order valence-electron chi connectivity index (χ3n) is 4.99. The molecule has 3 heterocycles. The Balaban J connectivity index is 1.63. The summed E-state index contributed by atoms with van der Waals surface area (Å²) >= 11 is 0. The van der Waals surface area contributed by atoms with Gasteiger partial charge in [-0.3, -0.25) is 14.5 Å². The number of hydrogen-bond donors (Lipinski definition) is 0. The highest BCUT2D eigenvalue weighted by Gasteiger charge is 2.25. The molecule has 1 aliphatic rings. The Kier molecular flexibility index (Phi) is 4.90. The van der Waals surface area contributed by atoms with Crippen molar-refractivity contribution in [3.8, 4) is 0 Å². The fourth-order valence-electron chi connectivity index (χ4n) is 3.67. The van der Waals surface area contributed by atoms with E-state index in [9.17, 15) is 4.79 Å². The molecule has 0 saturated carbocycles. The van der Waals surface area contributed by atoms with Gasteiger partial charge < -0.3 is 9.64 Å². The minimum atomic E-state index is -0.0627. The molecule has 0 bridgehead atoms. The minimum absolute atomic E-state index is 0.0482. The molecule has 0 N–H and O–H groups in total. The molecule has 140 valence electrons. The Morgan fingerprint density at radius 2 is 2.19 bits per heavy atom. The highest BCUT2D eigenvalue weighted by molar-refractivity contribution is 6.06. The van der Waals surface area contributed by atoms with Gasteiger partial charge in [0.2, 0.25) is 0 Å². The average molecular weight is 364 g/mol. The lowest BCUT2D eigenvalue weighted by molar-refractivity contribution is 0.0368. The average Bonchev–Trinajstić information content (AvgIpc) is 3.05. The van der Waals surface area contributed by atoms with Gasteiger partial charge in [0.1, 0.15) is 0 Å². The Labute approximate surface area is 158 Å². The van der Waals surface area contributed by atoms with Gasteiger partial charge in [-0.2, -0.15) is 5.10 Å². The molecule has 0 spiro atoms. The lowest BCUT2D eigenvalue weighted by Gasteiger charge is -2.25. The molecule has 3 aromatic rings. The quantitative estimate of drug-likeness (QED) is 0.717. The zero-order valence-electron chi connectivity index (χ0n) is 15.8. The van der Waals surface area contributed by atoms with Crippen LogP contribution < -0.4 is 0 Å². The monoisotopic (exact) mass is 364 g/mol. The first kappa shape index (κ1) is 17.7. The summed E-state index contributed by atoms with van der Waals surface area (Å²) in [6, 6.07) is 9.80. The maximum atomic E-state index is 13.4. The molecule has 6 heteroatoms. The third-order valence-corrected chi connectivity index (χ3v) is 4.99. The summed E-state index contributed by atoms with van der Waals surface area (Å²) < 4.78 is 7.81. The number of hydrogen-bond acceptors (Lipinski definition) is 4. The van der Waals surface area contributed by atoms with Crippen LogP contribution in [0.1, 0.15) is 28.0 Å². The molecular weight excluding hydrogens is 340 g/mol. The van der Waals surface area contributed by atoms with Crippen molar-refractivity contribution in [1.82, 2.24) is 19.7 Å². The van der Waals surface area contributed by atoms with Gasteiger partial charge in [-0.25, -0.2) is 0 Å². The fourth-order valence-corrected chi connectivity index (χ4v) is 3.67. The lowest BCUT2D eigenvalue weighted by Crippen LogP contribution is -2.38. The van der Waals surface area contributed by atoms with Gasteiger partial charge >= 0.3 is 0 Å². The van der Waals surface area contributed by atoms with Gasteiger partial charge in [0, 0.05) is 43.2 Å². The fraction of sp³-hybridized carbons (Fsp3) is 0.381. The predicted molar refractivity (Wildman–Crippen MR) is 104 cm³/mol. The summed E-state index contributed by atoms with van der Waals surface area (Å²) in [7, 11) is 0. The maximum Gasteiger partial charge on any atom is 0.254 e. The number of nitrogens with zero attached hydrogens (tertiary/aromatic N) is 4. The van der Waals surface area contributed by atoms with Crippen molar-refractivity contribution in [3.05, 3.63) is 59.5 Å². The Morgan fingerprint density at radius 3 is 3.00 bits per heavy atom. The highest BCUT2D eigenvalue weighted by Crippen LogP contribution is 2.23. The number of aromatic nitrogens is 3. The van der Waals surface area contributed by atoms with Crippen LogP contribution in [-0.4, -0.2) is 51.4 Å². The Morgan fingerprint density at radius 1 is 1.30 bits per heavy atom. The van der Waals surface area contributed by atoms with Gasteiger partial charge in [0.15, 0.2) is 0 Å². The number of para-hydroxylation sites is 1. The number of rotatable bonds is 3. The summed E-state index contributed by atoms with van der Waals surface area (Å²) in [4.78, 5) is 20.0. The van der Waals surface area contributed by atoms with E-state index in [1.807, 2.05) is 60.0 Å². The molecular formula is C21H24N4O2. The van der Waals surface area contributed by atoms with Crippen LogP contribution in [0, 0.1) is 13.8 Å². The van der Waals surface area contributed by atoms with Crippen molar-refractivity contribution in [2.75, 3.05) is 19.7 Å².